The number of halogens is 1. The van der Waals surface area contributed by atoms with Crippen LogP contribution in [0.25, 0.3) is 0 Å². The molecule has 5 nitrogen and oxygen atoms in total. The molecule has 0 aliphatic carbocycles. The molecule has 6 heteroatoms. The van der Waals surface area contributed by atoms with Gasteiger partial charge in [-0.05, 0) is 28.1 Å². The first kappa shape index (κ1) is 11.1. The lowest BCUT2D eigenvalue weighted by atomic mass is 10.5. The van der Waals surface area contributed by atoms with Crippen molar-refractivity contribution in [2.75, 3.05) is 0 Å². The lowest BCUT2D eigenvalue weighted by Gasteiger charge is -2.03. The fraction of sp³-hybridized carbons (Fsp3) is 0.300. The summed E-state index contributed by atoms with van der Waals surface area (Å²) in [6.45, 7) is 2.20. The van der Waals surface area contributed by atoms with Crippen molar-refractivity contribution in [2.24, 2.45) is 0 Å². The van der Waals surface area contributed by atoms with E-state index >= 15 is 0 Å². The first-order valence-electron chi connectivity index (χ1n) is 4.84. The van der Waals surface area contributed by atoms with Crippen LogP contribution < -0.4 is 4.74 Å². The summed E-state index contributed by atoms with van der Waals surface area (Å²) in [6.07, 6.45) is 2.41. The van der Waals surface area contributed by atoms with Gasteiger partial charge in [0, 0.05) is 12.6 Å². The highest BCUT2D eigenvalue weighted by Gasteiger charge is 2.06. The molecule has 0 bridgehead atoms. The molecule has 0 saturated heterocycles. The van der Waals surface area contributed by atoms with Crippen LogP contribution in [0, 0.1) is 0 Å². The summed E-state index contributed by atoms with van der Waals surface area (Å²) in [4.78, 5) is 4.04. The zero-order chi connectivity index (χ0) is 11.4. The van der Waals surface area contributed by atoms with Crippen LogP contribution in [0.3, 0.4) is 0 Å². The third-order valence-electron chi connectivity index (χ3n) is 1.89. The molecule has 0 aliphatic heterocycles. The van der Waals surface area contributed by atoms with Crippen LogP contribution >= 0.6 is 15.9 Å². The fourth-order valence-electron chi connectivity index (χ4n) is 1.11. The molecule has 16 heavy (non-hydrogen) atoms. The maximum Gasteiger partial charge on any atom is 0.253 e. The Balaban J connectivity index is 1.99. The maximum absolute atomic E-state index is 5.48. The summed E-state index contributed by atoms with van der Waals surface area (Å²) >= 11 is 3.29. The molecule has 0 aliphatic rings. The summed E-state index contributed by atoms with van der Waals surface area (Å²) in [6, 6.07) is 3.61. The Morgan fingerprint density at radius 2 is 2.19 bits per heavy atom. The summed E-state index contributed by atoms with van der Waals surface area (Å²) in [5, 5.41) is 7.70. The quantitative estimate of drug-likeness (QED) is 0.806. The van der Waals surface area contributed by atoms with Crippen molar-refractivity contribution in [3.05, 3.63) is 34.7 Å². The van der Waals surface area contributed by atoms with Gasteiger partial charge in [0.05, 0.1) is 0 Å². The van der Waals surface area contributed by atoms with E-state index in [1.54, 1.807) is 12.3 Å². The topological polar surface area (TPSA) is 61.0 Å². The van der Waals surface area contributed by atoms with Gasteiger partial charge in [0.2, 0.25) is 5.89 Å². The van der Waals surface area contributed by atoms with E-state index in [1.807, 2.05) is 13.0 Å². The number of nitrogens with zero attached hydrogens (tertiary/aromatic N) is 3. The number of aromatic nitrogens is 3. The van der Waals surface area contributed by atoms with Crippen LogP contribution in [0.15, 0.2) is 27.3 Å². The molecule has 0 amide bonds. The number of aryl methyl sites for hydroxylation is 1. The first-order chi connectivity index (χ1) is 7.79. The van der Waals surface area contributed by atoms with Gasteiger partial charge in [-0.3, -0.25) is 0 Å². The Labute approximate surface area is 101 Å². The fourth-order valence-corrected chi connectivity index (χ4v) is 1.47. The highest BCUT2D eigenvalue weighted by molar-refractivity contribution is 9.10. The van der Waals surface area contributed by atoms with Crippen LogP contribution in [-0.2, 0) is 13.0 Å². The van der Waals surface area contributed by atoms with Crippen molar-refractivity contribution in [1.29, 1.82) is 0 Å². The molecule has 0 fully saturated rings. The molecule has 0 spiro atoms. The van der Waals surface area contributed by atoms with Gasteiger partial charge in [0.15, 0.2) is 12.4 Å². The van der Waals surface area contributed by atoms with Crippen molar-refractivity contribution < 1.29 is 9.15 Å². The maximum atomic E-state index is 5.48. The second-order valence-corrected chi connectivity index (χ2v) is 3.78. The Morgan fingerprint density at radius 1 is 1.38 bits per heavy atom. The van der Waals surface area contributed by atoms with Crippen molar-refractivity contribution in [3.8, 4) is 5.75 Å². The summed E-state index contributed by atoms with van der Waals surface area (Å²) < 4.78 is 11.4. The van der Waals surface area contributed by atoms with E-state index in [0.29, 0.717) is 22.1 Å². The Morgan fingerprint density at radius 3 is 2.88 bits per heavy atom. The average molecular weight is 284 g/mol. The van der Waals surface area contributed by atoms with Crippen LogP contribution in [0.1, 0.15) is 18.7 Å². The van der Waals surface area contributed by atoms with Crippen molar-refractivity contribution >= 4 is 15.9 Å². The molecule has 0 saturated carbocycles. The standard InChI is InChI=1S/C10H10BrN3O2/c1-2-8-13-14-9(16-8)6-15-7-4-3-5-12-10(7)11/h3-5H,2,6H2,1H3. The highest BCUT2D eigenvalue weighted by atomic mass is 79.9. The van der Waals surface area contributed by atoms with E-state index in [-0.39, 0.29) is 6.61 Å². The van der Waals surface area contributed by atoms with Crippen LogP contribution in [0.5, 0.6) is 5.75 Å². The van der Waals surface area contributed by atoms with Gasteiger partial charge in [-0.2, -0.15) is 0 Å². The predicted octanol–water partition coefficient (Wildman–Crippen LogP) is 2.37. The van der Waals surface area contributed by atoms with E-state index < -0.39 is 0 Å². The van der Waals surface area contributed by atoms with E-state index in [2.05, 4.69) is 31.1 Å². The molecular formula is C10H10BrN3O2. The number of ether oxygens (including phenoxy) is 1. The smallest absolute Gasteiger partial charge is 0.253 e. The van der Waals surface area contributed by atoms with Gasteiger partial charge in [-0.25, -0.2) is 4.98 Å². The minimum Gasteiger partial charge on any atom is -0.481 e. The third-order valence-corrected chi connectivity index (χ3v) is 2.48. The minimum absolute atomic E-state index is 0.247. The third kappa shape index (κ3) is 2.57. The Bertz CT molecular complexity index is 473. The van der Waals surface area contributed by atoms with Gasteiger partial charge in [-0.1, -0.05) is 6.92 Å². The lowest BCUT2D eigenvalue weighted by Crippen LogP contribution is -1.96. The van der Waals surface area contributed by atoms with Crippen LogP contribution in [0.2, 0.25) is 0 Å². The van der Waals surface area contributed by atoms with Gasteiger partial charge in [-0.15, -0.1) is 10.2 Å². The zero-order valence-electron chi connectivity index (χ0n) is 8.68. The molecule has 0 atom stereocenters. The van der Waals surface area contributed by atoms with Crippen molar-refractivity contribution in [3.63, 3.8) is 0 Å². The molecule has 0 N–H and O–H groups in total. The second-order valence-electron chi connectivity index (χ2n) is 3.02. The number of hydrogen-bond donors (Lipinski definition) is 0. The highest BCUT2D eigenvalue weighted by Crippen LogP contribution is 2.21. The first-order valence-corrected chi connectivity index (χ1v) is 5.63. The zero-order valence-corrected chi connectivity index (χ0v) is 10.3. The normalized spacial score (nSPS) is 10.4. The average Bonchev–Trinajstić information content (AvgIpc) is 2.76. The van der Waals surface area contributed by atoms with Crippen LogP contribution in [-0.4, -0.2) is 15.2 Å². The second kappa shape index (κ2) is 5.07. The summed E-state index contributed by atoms with van der Waals surface area (Å²) in [5.41, 5.74) is 0. The minimum atomic E-state index is 0.247. The van der Waals surface area contributed by atoms with E-state index in [9.17, 15) is 0 Å². The number of hydrogen-bond acceptors (Lipinski definition) is 5. The molecular weight excluding hydrogens is 274 g/mol. The number of pyridine rings is 1. The van der Waals surface area contributed by atoms with Crippen molar-refractivity contribution in [1.82, 2.24) is 15.2 Å². The molecule has 84 valence electrons. The van der Waals surface area contributed by atoms with E-state index in [1.165, 1.54) is 0 Å². The summed E-state index contributed by atoms with van der Waals surface area (Å²) in [7, 11) is 0. The summed E-state index contributed by atoms with van der Waals surface area (Å²) in [5.74, 6) is 1.73. The molecule has 2 heterocycles. The number of rotatable bonds is 4. The lowest BCUT2D eigenvalue weighted by molar-refractivity contribution is 0.257. The monoisotopic (exact) mass is 283 g/mol. The Kier molecular flexibility index (Phi) is 3.51. The molecule has 0 aromatic carbocycles. The van der Waals surface area contributed by atoms with E-state index in [0.717, 1.165) is 6.42 Å². The molecule has 2 aromatic heterocycles. The SMILES string of the molecule is CCc1nnc(COc2cccnc2Br)o1. The van der Waals surface area contributed by atoms with Gasteiger partial charge in [0.1, 0.15) is 4.60 Å². The Hall–Kier alpha value is -1.43. The van der Waals surface area contributed by atoms with Crippen molar-refractivity contribution in [2.45, 2.75) is 20.0 Å². The van der Waals surface area contributed by atoms with Gasteiger partial charge < -0.3 is 9.15 Å². The largest absolute Gasteiger partial charge is 0.481 e. The predicted molar refractivity (Wildman–Crippen MR) is 59.9 cm³/mol. The van der Waals surface area contributed by atoms with Crippen LogP contribution in [0.4, 0.5) is 0 Å². The molecule has 2 aromatic rings. The molecule has 2 rings (SSSR count). The van der Waals surface area contributed by atoms with Gasteiger partial charge in [0.25, 0.3) is 5.89 Å². The molecule has 0 unspecified atom stereocenters. The molecule has 0 radical (unpaired) electrons. The van der Waals surface area contributed by atoms with Gasteiger partial charge >= 0.3 is 0 Å². The van der Waals surface area contributed by atoms with E-state index in [4.69, 9.17) is 9.15 Å².